The van der Waals surface area contributed by atoms with Gasteiger partial charge in [0.15, 0.2) is 5.16 Å². The Morgan fingerprint density at radius 2 is 1.94 bits per heavy atom. The molecule has 0 radical (unpaired) electrons. The van der Waals surface area contributed by atoms with Gasteiger partial charge in [0, 0.05) is 22.9 Å². The number of anilines is 1. The third-order valence-corrected chi connectivity index (χ3v) is 7.32. The van der Waals surface area contributed by atoms with Crippen LogP contribution in [0.2, 0.25) is 0 Å². The average Bonchev–Trinajstić information content (AvgIpc) is 3.40. The first-order valence-electron chi connectivity index (χ1n) is 10.7. The molecule has 1 amide bonds. The monoisotopic (exact) mass is 460 g/mol. The molecule has 1 aliphatic rings. The number of para-hydroxylation sites is 1. The zero-order chi connectivity index (χ0) is 21.9. The predicted molar refractivity (Wildman–Crippen MR) is 131 cm³/mol. The lowest BCUT2D eigenvalue weighted by Gasteiger charge is -2.10. The third-order valence-electron chi connectivity index (χ3n) is 5.42. The summed E-state index contributed by atoms with van der Waals surface area (Å²) < 4.78 is 2.38. The Morgan fingerprint density at radius 3 is 2.72 bits per heavy atom. The first-order valence-corrected chi connectivity index (χ1v) is 12.6. The van der Waals surface area contributed by atoms with Crippen molar-refractivity contribution >= 4 is 34.7 Å². The first kappa shape index (κ1) is 21.0. The molecule has 1 N–H and O–H groups in total. The first-order chi connectivity index (χ1) is 15.7. The van der Waals surface area contributed by atoms with E-state index in [1.165, 1.54) is 24.1 Å². The summed E-state index contributed by atoms with van der Waals surface area (Å²) in [6.45, 7) is 1.99. The SMILES string of the molecule is Cc1ccccc1NC(=O)Cc1nc(CSc2ncc(-c3ccccc3)n2C2CC2)cs1. The maximum absolute atomic E-state index is 12.4. The van der Waals surface area contributed by atoms with Crippen LogP contribution in [-0.4, -0.2) is 20.4 Å². The summed E-state index contributed by atoms with van der Waals surface area (Å²) in [7, 11) is 0. The standard InChI is InChI=1S/C25H24N4OS2/c1-17-7-5-6-10-21(17)28-23(30)13-24-27-19(15-31-24)16-32-25-26-14-22(29(25)20-11-12-20)18-8-3-2-4-9-18/h2-10,14-15,20H,11-13,16H2,1H3,(H,28,30). The third kappa shape index (κ3) is 4.79. The Kier molecular flexibility index (Phi) is 6.10. The van der Waals surface area contributed by atoms with Gasteiger partial charge in [-0.15, -0.1) is 11.3 Å². The Hall–Kier alpha value is -2.90. The van der Waals surface area contributed by atoms with Crippen molar-refractivity contribution in [2.24, 2.45) is 0 Å². The van der Waals surface area contributed by atoms with Gasteiger partial charge in [-0.05, 0) is 37.0 Å². The highest BCUT2D eigenvalue weighted by atomic mass is 32.2. The number of nitrogens with zero attached hydrogens (tertiary/aromatic N) is 3. The molecule has 5 rings (SSSR count). The molecule has 2 aromatic heterocycles. The quantitative estimate of drug-likeness (QED) is 0.322. The van der Waals surface area contributed by atoms with E-state index in [-0.39, 0.29) is 5.91 Å². The van der Waals surface area contributed by atoms with Gasteiger partial charge in [-0.2, -0.15) is 0 Å². The number of rotatable bonds is 8. The van der Waals surface area contributed by atoms with E-state index >= 15 is 0 Å². The number of thiazole rings is 1. The van der Waals surface area contributed by atoms with Crippen molar-refractivity contribution in [2.45, 2.75) is 43.1 Å². The number of hydrogen-bond donors (Lipinski definition) is 1. The molecule has 2 heterocycles. The minimum absolute atomic E-state index is 0.0374. The second-order valence-electron chi connectivity index (χ2n) is 7.95. The van der Waals surface area contributed by atoms with Gasteiger partial charge in [0.05, 0.1) is 24.0 Å². The summed E-state index contributed by atoms with van der Waals surface area (Å²) in [6, 6.07) is 18.8. The molecule has 0 spiro atoms. The van der Waals surface area contributed by atoms with E-state index in [0.717, 1.165) is 32.9 Å². The van der Waals surface area contributed by atoms with Crippen LogP contribution in [-0.2, 0) is 17.0 Å². The zero-order valence-electron chi connectivity index (χ0n) is 17.8. The molecule has 0 saturated heterocycles. The number of carbonyl (C=O) groups is 1. The number of aryl methyl sites for hydroxylation is 1. The van der Waals surface area contributed by atoms with E-state index in [2.05, 4.69) is 39.1 Å². The topological polar surface area (TPSA) is 59.8 Å². The molecule has 0 aliphatic heterocycles. The van der Waals surface area contributed by atoms with Crippen molar-refractivity contribution in [3.63, 3.8) is 0 Å². The fourth-order valence-corrected chi connectivity index (χ4v) is 5.48. The van der Waals surface area contributed by atoms with Crippen LogP contribution < -0.4 is 5.32 Å². The maximum Gasteiger partial charge on any atom is 0.231 e. The number of aromatic nitrogens is 3. The number of benzene rings is 2. The molecule has 0 bridgehead atoms. The van der Waals surface area contributed by atoms with Gasteiger partial charge in [-0.3, -0.25) is 4.79 Å². The van der Waals surface area contributed by atoms with Crippen LogP contribution in [0, 0.1) is 6.92 Å². The maximum atomic E-state index is 12.4. The zero-order valence-corrected chi connectivity index (χ0v) is 19.5. The van der Waals surface area contributed by atoms with E-state index in [1.807, 2.05) is 48.8 Å². The van der Waals surface area contributed by atoms with Gasteiger partial charge in [-0.25, -0.2) is 9.97 Å². The minimum Gasteiger partial charge on any atom is -0.325 e. The predicted octanol–water partition coefficient (Wildman–Crippen LogP) is 6.12. The highest BCUT2D eigenvalue weighted by molar-refractivity contribution is 7.98. The number of carbonyl (C=O) groups excluding carboxylic acids is 1. The Balaban J connectivity index is 1.23. The molecule has 1 saturated carbocycles. The Bertz CT molecular complexity index is 1230. The van der Waals surface area contributed by atoms with Crippen LogP contribution in [0.4, 0.5) is 5.69 Å². The highest BCUT2D eigenvalue weighted by Crippen LogP contribution is 2.42. The lowest BCUT2D eigenvalue weighted by molar-refractivity contribution is -0.115. The Morgan fingerprint density at radius 1 is 1.16 bits per heavy atom. The molecule has 0 atom stereocenters. The summed E-state index contributed by atoms with van der Waals surface area (Å²) in [6.07, 6.45) is 4.69. The number of amides is 1. The van der Waals surface area contributed by atoms with Crippen molar-refractivity contribution < 1.29 is 4.79 Å². The lowest BCUT2D eigenvalue weighted by Crippen LogP contribution is -2.15. The smallest absolute Gasteiger partial charge is 0.231 e. The summed E-state index contributed by atoms with van der Waals surface area (Å²) in [5.74, 6) is 0.707. The fraction of sp³-hybridized carbons (Fsp3) is 0.240. The minimum atomic E-state index is -0.0374. The van der Waals surface area contributed by atoms with Crippen LogP contribution in [0.3, 0.4) is 0 Å². The van der Waals surface area contributed by atoms with Gasteiger partial charge >= 0.3 is 0 Å². The van der Waals surface area contributed by atoms with Crippen LogP contribution >= 0.6 is 23.1 Å². The fourth-order valence-electron chi connectivity index (χ4n) is 3.64. The highest BCUT2D eigenvalue weighted by Gasteiger charge is 2.29. The van der Waals surface area contributed by atoms with Crippen molar-refractivity contribution in [3.8, 4) is 11.3 Å². The van der Waals surface area contributed by atoms with Crippen molar-refractivity contribution in [3.05, 3.63) is 82.4 Å². The number of nitrogens with one attached hydrogen (secondary N) is 1. The van der Waals surface area contributed by atoms with Crippen LogP contribution in [0.15, 0.2) is 71.3 Å². The largest absolute Gasteiger partial charge is 0.325 e. The van der Waals surface area contributed by atoms with Crippen LogP contribution in [0.25, 0.3) is 11.3 Å². The van der Waals surface area contributed by atoms with Crippen molar-refractivity contribution in [1.82, 2.24) is 14.5 Å². The van der Waals surface area contributed by atoms with Crippen molar-refractivity contribution in [1.29, 1.82) is 0 Å². The van der Waals surface area contributed by atoms with Crippen molar-refractivity contribution in [2.75, 3.05) is 5.32 Å². The van der Waals surface area contributed by atoms with E-state index in [0.29, 0.717) is 12.5 Å². The molecule has 5 nitrogen and oxygen atoms in total. The number of thioether (sulfide) groups is 1. The molecule has 1 aliphatic carbocycles. The van der Waals surface area contributed by atoms with E-state index in [4.69, 9.17) is 4.98 Å². The number of imidazole rings is 1. The van der Waals surface area contributed by atoms with E-state index in [9.17, 15) is 4.79 Å². The summed E-state index contributed by atoms with van der Waals surface area (Å²) >= 11 is 3.26. The van der Waals surface area contributed by atoms with Crippen LogP contribution in [0.1, 0.15) is 35.1 Å². The summed E-state index contributed by atoms with van der Waals surface area (Å²) in [4.78, 5) is 21.8. The molecule has 4 aromatic rings. The molecule has 0 unspecified atom stereocenters. The summed E-state index contributed by atoms with van der Waals surface area (Å²) in [5.41, 5.74) is 5.28. The second-order valence-corrected chi connectivity index (χ2v) is 9.84. The molecule has 7 heteroatoms. The Labute approximate surface area is 195 Å². The van der Waals surface area contributed by atoms with Crippen LogP contribution in [0.5, 0.6) is 0 Å². The molecular weight excluding hydrogens is 436 g/mol. The van der Waals surface area contributed by atoms with E-state index in [1.54, 1.807) is 23.1 Å². The van der Waals surface area contributed by atoms with Gasteiger partial charge in [-0.1, -0.05) is 60.3 Å². The van der Waals surface area contributed by atoms with E-state index < -0.39 is 0 Å². The van der Waals surface area contributed by atoms with Gasteiger partial charge < -0.3 is 9.88 Å². The molecule has 1 fully saturated rings. The normalized spacial score (nSPS) is 13.3. The van der Waals surface area contributed by atoms with Gasteiger partial charge in [0.2, 0.25) is 5.91 Å². The summed E-state index contributed by atoms with van der Waals surface area (Å²) in [5, 5.41) is 6.90. The van der Waals surface area contributed by atoms with Gasteiger partial charge in [0.1, 0.15) is 5.01 Å². The molecular formula is C25H24N4OS2. The molecule has 2 aromatic carbocycles. The average molecular weight is 461 g/mol. The lowest BCUT2D eigenvalue weighted by atomic mass is 10.2. The molecule has 32 heavy (non-hydrogen) atoms. The van der Waals surface area contributed by atoms with Gasteiger partial charge in [0.25, 0.3) is 0 Å². The molecule has 162 valence electrons. The number of hydrogen-bond acceptors (Lipinski definition) is 5. The second kappa shape index (κ2) is 9.30.